The van der Waals surface area contributed by atoms with Crippen LogP contribution in [0.2, 0.25) is 0 Å². The van der Waals surface area contributed by atoms with E-state index in [2.05, 4.69) is 9.97 Å². The van der Waals surface area contributed by atoms with Crippen LogP contribution in [0.25, 0.3) is 10.9 Å². The summed E-state index contributed by atoms with van der Waals surface area (Å²) >= 11 is 0. The van der Waals surface area contributed by atoms with E-state index in [1.165, 1.54) is 12.8 Å². The van der Waals surface area contributed by atoms with Crippen LogP contribution in [0.1, 0.15) is 51.0 Å². The first-order valence-electron chi connectivity index (χ1n) is 7.82. The van der Waals surface area contributed by atoms with E-state index >= 15 is 0 Å². The zero-order chi connectivity index (χ0) is 15.5. The quantitative estimate of drug-likeness (QED) is 0.881. The van der Waals surface area contributed by atoms with Crippen molar-refractivity contribution in [2.45, 2.75) is 45.1 Å². The fourth-order valence-corrected chi connectivity index (χ4v) is 3.05. The van der Waals surface area contributed by atoms with E-state index in [0.29, 0.717) is 29.1 Å². The number of hydrogen-bond donors (Lipinski definition) is 1. The summed E-state index contributed by atoms with van der Waals surface area (Å²) in [6.07, 6.45) is 4.52. The monoisotopic (exact) mass is 300 g/mol. The maximum absolute atomic E-state index is 12.0. The SMILES string of the molecule is C[C@@H](OC(=O)CC1CCCC1)c1nc2ccccc2c(=O)[nH]1. The Morgan fingerprint density at radius 2 is 2.09 bits per heavy atom. The molecule has 1 aliphatic carbocycles. The molecule has 0 aliphatic heterocycles. The van der Waals surface area contributed by atoms with E-state index in [9.17, 15) is 9.59 Å². The van der Waals surface area contributed by atoms with Crippen molar-refractivity contribution in [3.05, 3.63) is 40.4 Å². The van der Waals surface area contributed by atoms with Crippen molar-refractivity contribution in [1.82, 2.24) is 9.97 Å². The topological polar surface area (TPSA) is 72.0 Å². The van der Waals surface area contributed by atoms with Crippen LogP contribution >= 0.6 is 0 Å². The summed E-state index contributed by atoms with van der Waals surface area (Å²) in [6, 6.07) is 7.13. The molecular formula is C17H20N2O3. The van der Waals surface area contributed by atoms with Gasteiger partial charge in [0.15, 0.2) is 11.9 Å². The van der Waals surface area contributed by atoms with Crippen LogP contribution in [0.3, 0.4) is 0 Å². The second-order valence-electron chi connectivity index (χ2n) is 5.96. The van der Waals surface area contributed by atoms with Gasteiger partial charge in [-0.1, -0.05) is 25.0 Å². The Morgan fingerprint density at radius 1 is 1.36 bits per heavy atom. The van der Waals surface area contributed by atoms with Gasteiger partial charge in [-0.2, -0.15) is 0 Å². The van der Waals surface area contributed by atoms with E-state index < -0.39 is 6.10 Å². The fraction of sp³-hybridized carbons (Fsp3) is 0.471. The molecule has 0 bridgehead atoms. The molecule has 1 N–H and O–H groups in total. The van der Waals surface area contributed by atoms with Gasteiger partial charge in [0, 0.05) is 6.42 Å². The van der Waals surface area contributed by atoms with E-state index in [1.807, 2.05) is 6.07 Å². The lowest BCUT2D eigenvalue weighted by atomic mass is 10.0. The van der Waals surface area contributed by atoms with Gasteiger partial charge in [-0.05, 0) is 37.8 Å². The zero-order valence-corrected chi connectivity index (χ0v) is 12.7. The predicted molar refractivity (Wildman–Crippen MR) is 83.4 cm³/mol. The molecular weight excluding hydrogens is 280 g/mol. The molecule has 0 amide bonds. The predicted octanol–water partition coefficient (Wildman–Crippen LogP) is 3.11. The first kappa shape index (κ1) is 14.8. The summed E-state index contributed by atoms with van der Waals surface area (Å²) in [5.41, 5.74) is 0.402. The summed E-state index contributed by atoms with van der Waals surface area (Å²) in [7, 11) is 0. The number of nitrogens with one attached hydrogen (secondary N) is 1. The molecule has 1 heterocycles. The second-order valence-corrected chi connectivity index (χ2v) is 5.96. The lowest BCUT2D eigenvalue weighted by Crippen LogP contribution is -2.18. The van der Waals surface area contributed by atoms with Gasteiger partial charge in [-0.3, -0.25) is 9.59 Å². The molecule has 2 aromatic rings. The van der Waals surface area contributed by atoms with Gasteiger partial charge in [0.2, 0.25) is 0 Å². The van der Waals surface area contributed by atoms with E-state index in [-0.39, 0.29) is 11.5 Å². The molecule has 0 saturated heterocycles. The zero-order valence-electron chi connectivity index (χ0n) is 12.7. The fourth-order valence-electron chi connectivity index (χ4n) is 3.05. The van der Waals surface area contributed by atoms with Crippen molar-refractivity contribution in [3.8, 4) is 0 Å². The van der Waals surface area contributed by atoms with Gasteiger partial charge in [-0.25, -0.2) is 4.98 Å². The normalized spacial score (nSPS) is 16.8. The van der Waals surface area contributed by atoms with Gasteiger partial charge in [-0.15, -0.1) is 0 Å². The molecule has 5 nitrogen and oxygen atoms in total. The van der Waals surface area contributed by atoms with Crippen molar-refractivity contribution in [1.29, 1.82) is 0 Å². The molecule has 1 saturated carbocycles. The Morgan fingerprint density at radius 3 is 2.86 bits per heavy atom. The highest BCUT2D eigenvalue weighted by Gasteiger charge is 2.21. The Hall–Kier alpha value is -2.17. The number of H-pyrrole nitrogens is 1. The van der Waals surface area contributed by atoms with Crippen molar-refractivity contribution >= 4 is 16.9 Å². The van der Waals surface area contributed by atoms with Gasteiger partial charge < -0.3 is 9.72 Å². The number of fused-ring (bicyclic) bond motifs is 1. The van der Waals surface area contributed by atoms with Crippen LogP contribution in [-0.2, 0) is 9.53 Å². The highest BCUT2D eigenvalue weighted by atomic mass is 16.5. The number of nitrogens with zero attached hydrogens (tertiary/aromatic N) is 1. The molecule has 1 aromatic heterocycles. The van der Waals surface area contributed by atoms with Gasteiger partial charge in [0.05, 0.1) is 10.9 Å². The number of aromatic nitrogens is 2. The molecule has 5 heteroatoms. The number of aromatic amines is 1. The molecule has 1 atom stereocenters. The first-order chi connectivity index (χ1) is 10.6. The number of para-hydroxylation sites is 1. The third kappa shape index (κ3) is 3.18. The molecule has 1 fully saturated rings. The Bertz CT molecular complexity index is 732. The summed E-state index contributed by atoms with van der Waals surface area (Å²) < 4.78 is 5.43. The summed E-state index contributed by atoms with van der Waals surface area (Å²) in [5.74, 6) is 0.627. The summed E-state index contributed by atoms with van der Waals surface area (Å²) in [4.78, 5) is 31.1. The highest BCUT2D eigenvalue weighted by Crippen LogP contribution is 2.28. The minimum absolute atomic E-state index is 0.209. The Labute approximate surface area is 128 Å². The molecule has 3 rings (SSSR count). The number of esters is 1. The average Bonchev–Trinajstić information content (AvgIpc) is 3.00. The number of carbonyl (C=O) groups excluding carboxylic acids is 1. The lowest BCUT2D eigenvalue weighted by Gasteiger charge is -2.14. The van der Waals surface area contributed by atoms with Crippen LogP contribution in [0.15, 0.2) is 29.1 Å². The second kappa shape index (κ2) is 6.30. The Kier molecular flexibility index (Phi) is 4.22. The Balaban J connectivity index is 1.72. The van der Waals surface area contributed by atoms with Gasteiger partial charge in [0.25, 0.3) is 5.56 Å². The maximum atomic E-state index is 12.0. The molecule has 22 heavy (non-hydrogen) atoms. The largest absolute Gasteiger partial charge is 0.454 e. The number of carbonyl (C=O) groups is 1. The standard InChI is InChI=1S/C17H20N2O3/c1-11(22-15(20)10-12-6-2-3-7-12)16-18-14-9-5-4-8-13(14)17(21)19-16/h4-5,8-9,11-12H,2-3,6-7,10H2,1H3,(H,18,19,21)/t11-/m1/s1. The van der Waals surface area contributed by atoms with E-state index in [0.717, 1.165) is 12.8 Å². The number of ether oxygens (including phenoxy) is 1. The number of rotatable bonds is 4. The number of benzene rings is 1. The molecule has 1 aliphatic rings. The smallest absolute Gasteiger partial charge is 0.306 e. The number of hydrogen-bond acceptors (Lipinski definition) is 4. The van der Waals surface area contributed by atoms with Crippen molar-refractivity contribution in [3.63, 3.8) is 0 Å². The summed E-state index contributed by atoms with van der Waals surface area (Å²) in [5, 5.41) is 0.538. The molecule has 1 aromatic carbocycles. The molecule has 0 spiro atoms. The van der Waals surface area contributed by atoms with Crippen LogP contribution in [-0.4, -0.2) is 15.9 Å². The van der Waals surface area contributed by atoms with Gasteiger partial charge >= 0.3 is 5.97 Å². The third-order valence-electron chi connectivity index (χ3n) is 4.25. The highest BCUT2D eigenvalue weighted by molar-refractivity contribution is 5.77. The van der Waals surface area contributed by atoms with Crippen LogP contribution in [0.5, 0.6) is 0 Å². The van der Waals surface area contributed by atoms with E-state index in [4.69, 9.17) is 4.74 Å². The van der Waals surface area contributed by atoms with Crippen LogP contribution in [0, 0.1) is 5.92 Å². The summed E-state index contributed by atoms with van der Waals surface area (Å²) in [6.45, 7) is 1.74. The minimum Gasteiger partial charge on any atom is -0.454 e. The van der Waals surface area contributed by atoms with Crippen molar-refractivity contribution in [2.24, 2.45) is 5.92 Å². The van der Waals surface area contributed by atoms with Crippen LogP contribution in [0.4, 0.5) is 0 Å². The molecule has 0 unspecified atom stereocenters. The lowest BCUT2D eigenvalue weighted by molar-refractivity contribution is -0.150. The molecule has 116 valence electrons. The van der Waals surface area contributed by atoms with Gasteiger partial charge in [0.1, 0.15) is 0 Å². The minimum atomic E-state index is -0.550. The average molecular weight is 300 g/mol. The molecule has 0 radical (unpaired) electrons. The van der Waals surface area contributed by atoms with Crippen molar-refractivity contribution in [2.75, 3.05) is 0 Å². The first-order valence-corrected chi connectivity index (χ1v) is 7.82. The van der Waals surface area contributed by atoms with E-state index in [1.54, 1.807) is 25.1 Å². The van der Waals surface area contributed by atoms with Crippen LogP contribution < -0.4 is 5.56 Å². The van der Waals surface area contributed by atoms with Crippen molar-refractivity contribution < 1.29 is 9.53 Å². The third-order valence-corrected chi connectivity index (χ3v) is 4.25. The maximum Gasteiger partial charge on any atom is 0.306 e.